The van der Waals surface area contributed by atoms with E-state index in [1.165, 1.54) is 62.5 Å². The van der Waals surface area contributed by atoms with Crippen LogP contribution < -0.4 is 0 Å². The molecule has 1 aromatic carbocycles. The Balaban J connectivity index is 1.67. The number of unbranched alkanes of at least 4 members (excludes halogenated alkanes) is 6. The number of hydrogen-bond donors (Lipinski definition) is 1. The molecule has 0 fully saturated rings. The summed E-state index contributed by atoms with van der Waals surface area (Å²) in [5, 5.41) is 8.87. The van der Waals surface area contributed by atoms with Gasteiger partial charge in [0.05, 0.1) is 0 Å². The van der Waals surface area contributed by atoms with Gasteiger partial charge in [-0.1, -0.05) is 75.8 Å². The van der Waals surface area contributed by atoms with Gasteiger partial charge in [-0.25, -0.2) is 9.78 Å². The van der Waals surface area contributed by atoms with Gasteiger partial charge in [0, 0.05) is 6.20 Å². The number of carboxylic acid groups (broad SMARTS) is 1. The molecule has 140 valence electrons. The van der Waals surface area contributed by atoms with Crippen LogP contribution in [0.3, 0.4) is 0 Å². The number of carbonyl (C=O) groups is 1. The van der Waals surface area contributed by atoms with Gasteiger partial charge in [0.1, 0.15) is 5.69 Å². The average molecular weight is 354 g/mol. The zero-order valence-electron chi connectivity index (χ0n) is 15.9. The van der Waals surface area contributed by atoms with Crippen LogP contribution in [0.4, 0.5) is 0 Å². The highest BCUT2D eigenvalue weighted by atomic mass is 16.4. The summed E-state index contributed by atoms with van der Waals surface area (Å²) < 4.78 is 0. The molecule has 2 rings (SSSR count). The SMILES string of the molecule is CCCCCCCCCc1ccc(CCc2ccc(C(=O)O)nc2)cc1. The van der Waals surface area contributed by atoms with Gasteiger partial charge in [-0.3, -0.25) is 0 Å². The molecule has 2 aromatic rings. The molecule has 0 aliphatic rings. The van der Waals surface area contributed by atoms with Crippen molar-refractivity contribution < 1.29 is 9.90 Å². The van der Waals surface area contributed by atoms with E-state index in [0.29, 0.717) is 0 Å². The van der Waals surface area contributed by atoms with Crippen LogP contribution in [0.1, 0.15) is 79.0 Å². The summed E-state index contributed by atoms with van der Waals surface area (Å²) in [5.74, 6) is -0.979. The molecule has 3 heteroatoms. The van der Waals surface area contributed by atoms with Crippen LogP contribution in [-0.4, -0.2) is 16.1 Å². The molecule has 0 bridgehead atoms. The molecule has 1 N–H and O–H groups in total. The van der Waals surface area contributed by atoms with Crippen LogP contribution in [0, 0.1) is 0 Å². The number of aryl methyl sites for hydroxylation is 3. The molecular formula is C23H31NO2. The third-order valence-electron chi connectivity index (χ3n) is 4.84. The molecule has 0 spiro atoms. The van der Waals surface area contributed by atoms with Gasteiger partial charge in [0.2, 0.25) is 0 Å². The van der Waals surface area contributed by atoms with Crippen molar-refractivity contribution in [1.29, 1.82) is 0 Å². The molecule has 0 atom stereocenters. The normalized spacial score (nSPS) is 10.8. The molecule has 0 aliphatic carbocycles. The van der Waals surface area contributed by atoms with E-state index < -0.39 is 5.97 Å². The minimum atomic E-state index is -0.979. The first-order valence-corrected chi connectivity index (χ1v) is 9.95. The quantitative estimate of drug-likeness (QED) is 0.486. The highest BCUT2D eigenvalue weighted by molar-refractivity contribution is 5.85. The summed E-state index contributed by atoms with van der Waals surface area (Å²) in [6.45, 7) is 2.26. The maximum Gasteiger partial charge on any atom is 0.354 e. The van der Waals surface area contributed by atoms with Gasteiger partial charge >= 0.3 is 5.97 Å². The first-order valence-electron chi connectivity index (χ1n) is 9.95. The van der Waals surface area contributed by atoms with E-state index in [2.05, 4.69) is 36.2 Å². The molecular weight excluding hydrogens is 322 g/mol. The molecule has 0 saturated carbocycles. The zero-order valence-corrected chi connectivity index (χ0v) is 15.9. The Morgan fingerprint density at radius 2 is 1.31 bits per heavy atom. The van der Waals surface area contributed by atoms with Gasteiger partial charge in [-0.05, 0) is 48.4 Å². The van der Waals surface area contributed by atoms with Crippen molar-refractivity contribution in [3.05, 3.63) is 65.0 Å². The lowest BCUT2D eigenvalue weighted by atomic mass is 10.0. The lowest BCUT2D eigenvalue weighted by Gasteiger charge is -2.05. The standard InChI is InChI=1S/C23H31NO2/c1-2-3-4-5-6-7-8-9-19-10-12-20(13-11-19)14-15-21-16-17-22(23(25)26)24-18-21/h10-13,16-18H,2-9,14-15H2,1H3,(H,25,26). The fraction of sp³-hybridized carbons (Fsp3) is 0.478. The molecule has 0 amide bonds. The fourth-order valence-electron chi connectivity index (χ4n) is 3.15. The minimum Gasteiger partial charge on any atom is -0.477 e. The number of carboxylic acids is 1. The third kappa shape index (κ3) is 7.38. The van der Waals surface area contributed by atoms with Crippen LogP contribution >= 0.6 is 0 Å². The number of aromatic carboxylic acids is 1. The van der Waals surface area contributed by atoms with Crippen molar-refractivity contribution in [2.75, 3.05) is 0 Å². The van der Waals surface area contributed by atoms with E-state index in [1.807, 2.05) is 6.07 Å². The average Bonchev–Trinajstić information content (AvgIpc) is 2.67. The Kier molecular flexibility index (Phi) is 8.88. The highest BCUT2D eigenvalue weighted by Gasteiger charge is 2.04. The van der Waals surface area contributed by atoms with Crippen molar-refractivity contribution >= 4 is 5.97 Å². The summed E-state index contributed by atoms with van der Waals surface area (Å²) in [6, 6.07) is 12.4. The molecule has 0 saturated heterocycles. The number of benzene rings is 1. The summed E-state index contributed by atoms with van der Waals surface area (Å²) in [6.07, 6.45) is 14.1. The van der Waals surface area contributed by atoms with E-state index in [9.17, 15) is 4.79 Å². The Labute approximate surface area is 157 Å². The fourth-order valence-corrected chi connectivity index (χ4v) is 3.15. The van der Waals surface area contributed by atoms with Crippen LogP contribution in [0.15, 0.2) is 42.6 Å². The Morgan fingerprint density at radius 1 is 0.769 bits per heavy atom. The summed E-state index contributed by atoms with van der Waals surface area (Å²) in [4.78, 5) is 14.8. The first-order chi connectivity index (χ1) is 12.7. The van der Waals surface area contributed by atoms with Crippen LogP contribution in [0.2, 0.25) is 0 Å². The molecule has 0 aliphatic heterocycles. The number of nitrogens with zero attached hydrogens (tertiary/aromatic N) is 1. The van der Waals surface area contributed by atoms with Crippen molar-refractivity contribution in [3.8, 4) is 0 Å². The van der Waals surface area contributed by atoms with Crippen LogP contribution in [0.25, 0.3) is 0 Å². The van der Waals surface area contributed by atoms with Gasteiger partial charge in [0.15, 0.2) is 0 Å². The molecule has 26 heavy (non-hydrogen) atoms. The second kappa shape index (κ2) is 11.5. The molecule has 3 nitrogen and oxygen atoms in total. The van der Waals surface area contributed by atoms with E-state index >= 15 is 0 Å². The Morgan fingerprint density at radius 3 is 1.88 bits per heavy atom. The van der Waals surface area contributed by atoms with E-state index in [-0.39, 0.29) is 5.69 Å². The summed E-state index contributed by atoms with van der Waals surface area (Å²) >= 11 is 0. The van der Waals surface area contributed by atoms with Gasteiger partial charge < -0.3 is 5.11 Å². The number of pyridine rings is 1. The maximum absolute atomic E-state index is 10.8. The Bertz CT molecular complexity index is 647. The smallest absolute Gasteiger partial charge is 0.354 e. The summed E-state index contributed by atoms with van der Waals surface area (Å²) in [5.41, 5.74) is 3.91. The minimum absolute atomic E-state index is 0.100. The van der Waals surface area contributed by atoms with Gasteiger partial charge in [-0.2, -0.15) is 0 Å². The topological polar surface area (TPSA) is 50.2 Å². The molecule has 1 heterocycles. The lowest BCUT2D eigenvalue weighted by molar-refractivity contribution is 0.0690. The Hall–Kier alpha value is -2.16. The van der Waals surface area contributed by atoms with Gasteiger partial charge in [0.25, 0.3) is 0 Å². The highest BCUT2D eigenvalue weighted by Crippen LogP contribution is 2.13. The maximum atomic E-state index is 10.8. The van der Waals surface area contributed by atoms with Gasteiger partial charge in [-0.15, -0.1) is 0 Å². The number of hydrogen-bond acceptors (Lipinski definition) is 2. The van der Waals surface area contributed by atoms with E-state index in [1.54, 1.807) is 12.3 Å². The van der Waals surface area contributed by atoms with Crippen molar-refractivity contribution in [2.24, 2.45) is 0 Å². The van der Waals surface area contributed by atoms with Crippen molar-refractivity contribution in [1.82, 2.24) is 4.98 Å². The third-order valence-corrected chi connectivity index (χ3v) is 4.84. The predicted octanol–water partition coefficient (Wildman–Crippen LogP) is 5.86. The second-order valence-corrected chi connectivity index (χ2v) is 7.04. The van der Waals surface area contributed by atoms with Crippen LogP contribution in [0.5, 0.6) is 0 Å². The zero-order chi connectivity index (χ0) is 18.6. The molecule has 0 radical (unpaired) electrons. The first kappa shape index (κ1) is 20.2. The summed E-state index contributed by atoms with van der Waals surface area (Å²) in [7, 11) is 0. The monoisotopic (exact) mass is 353 g/mol. The number of rotatable bonds is 12. The van der Waals surface area contributed by atoms with Crippen molar-refractivity contribution in [3.63, 3.8) is 0 Å². The number of aromatic nitrogens is 1. The molecule has 1 aromatic heterocycles. The molecule has 0 unspecified atom stereocenters. The van der Waals surface area contributed by atoms with Crippen molar-refractivity contribution in [2.45, 2.75) is 71.1 Å². The predicted molar refractivity (Wildman–Crippen MR) is 107 cm³/mol. The van der Waals surface area contributed by atoms with Crippen LogP contribution in [-0.2, 0) is 19.3 Å². The van der Waals surface area contributed by atoms with E-state index in [0.717, 1.165) is 18.4 Å². The van der Waals surface area contributed by atoms with E-state index in [4.69, 9.17) is 5.11 Å². The largest absolute Gasteiger partial charge is 0.477 e. The second-order valence-electron chi connectivity index (χ2n) is 7.04. The lowest BCUT2D eigenvalue weighted by Crippen LogP contribution is -2.01.